The first-order valence-electron chi connectivity index (χ1n) is 7.11. The zero-order valence-electron chi connectivity index (χ0n) is 11.9. The second-order valence-electron chi connectivity index (χ2n) is 5.42. The highest BCUT2D eigenvalue weighted by Crippen LogP contribution is 2.32. The molecular formula is C15H17N5S. The Morgan fingerprint density at radius 3 is 2.81 bits per heavy atom. The summed E-state index contributed by atoms with van der Waals surface area (Å²) in [7, 11) is 2.16. The smallest absolute Gasteiger partial charge is 0.156 e. The quantitative estimate of drug-likeness (QED) is 0.789. The molecule has 1 aliphatic heterocycles. The molecule has 21 heavy (non-hydrogen) atoms. The van der Waals surface area contributed by atoms with Crippen molar-refractivity contribution in [3.05, 3.63) is 29.4 Å². The number of pyridine rings is 1. The van der Waals surface area contributed by atoms with Crippen molar-refractivity contribution in [3.63, 3.8) is 0 Å². The van der Waals surface area contributed by atoms with Crippen molar-refractivity contribution < 1.29 is 0 Å². The molecule has 0 atom stereocenters. The van der Waals surface area contributed by atoms with E-state index >= 15 is 0 Å². The number of aromatic amines is 1. The summed E-state index contributed by atoms with van der Waals surface area (Å²) in [6.07, 6.45) is 3.73. The van der Waals surface area contributed by atoms with Gasteiger partial charge in [-0.3, -0.25) is 0 Å². The van der Waals surface area contributed by atoms with E-state index in [1.807, 2.05) is 6.20 Å². The van der Waals surface area contributed by atoms with Gasteiger partial charge in [0.2, 0.25) is 0 Å². The predicted molar refractivity (Wildman–Crippen MR) is 86.9 cm³/mol. The summed E-state index contributed by atoms with van der Waals surface area (Å²) >= 11 is 1.70. The Morgan fingerprint density at radius 1 is 1.19 bits per heavy atom. The molecule has 0 bridgehead atoms. The first-order chi connectivity index (χ1) is 10.3. The van der Waals surface area contributed by atoms with Crippen molar-refractivity contribution in [2.45, 2.75) is 0 Å². The molecule has 4 heterocycles. The number of rotatable bonds is 2. The van der Waals surface area contributed by atoms with Crippen LogP contribution in [0.3, 0.4) is 0 Å². The number of aromatic nitrogens is 3. The zero-order valence-corrected chi connectivity index (χ0v) is 12.7. The van der Waals surface area contributed by atoms with E-state index in [0.717, 1.165) is 48.6 Å². The molecule has 1 saturated heterocycles. The fourth-order valence-corrected chi connectivity index (χ4v) is 3.46. The number of imidazole rings is 1. The number of fused-ring (bicyclic) bond motifs is 1. The molecule has 6 heteroatoms. The molecule has 3 aromatic rings. The standard InChI is InChI=1S/C15H17N5S/c1-19-3-5-20(6-4-19)15-14-13(17-10-18-14)12(8-16-15)11-2-7-21-9-11/h2,7-10H,3-6H2,1H3,(H,17,18). The zero-order chi connectivity index (χ0) is 14.2. The van der Waals surface area contributed by atoms with E-state index in [9.17, 15) is 0 Å². The molecule has 108 valence electrons. The summed E-state index contributed by atoms with van der Waals surface area (Å²) < 4.78 is 0. The van der Waals surface area contributed by atoms with E-state index in [4.69, 9.17) is 4.98 Å². The van der Waals surface area contributed by atoms with Crippen LogP contribution in [0.2, 0.25) is 0 Å². The number of hydrogen-bond acceptors (Lipinski definition) is 5. The van der Waals surface area contributed by atoms with Gasteiger partial charge >= 0.3 is 0 Å². The van der Waals surface area contributed by atoms with Gasteiger partial charge in [-0.05, 0) is 29.4 Å². The number of anilines is 1. The SMILES string of the molecule is CN1CCN(c2ncc(-c3ccsc3)c3[nH]cnc23)CC1. The minimum atomic E-state index is 0.975. The van der Waals surface area contributed by atoms with Gasteiger partial charge in [-0.15, -0.1) is 0 Å². The van der Waals surface area contributed by atoms with Crippen LogP contribution in [0, 0.1) is 0 Å². The topological polar surface area (TPSA) is 48.0 Å². The second kappa shape index (κ2) is 5.13. The molecule has 0 amide bonds. The molecule has 5 nitrogen and oxygen atoms in total. The molecule has 1 aliphatic rings. The van der Waals surface area contributed by atoms with Crippen molar-refractivity contribution >= 4 is 28.2 Å². The third kappa shape index (κ3) is 2.20. The van der Waals surface area contributed by atoms with Crippen LogP contribution >= 0.6 is 11.3 Å². The number of nitrogens with zero attached hydrogens (tertiary/aromatic N) is 4. The van der Waals surface area contributed by atoms with Crippen LogP contribution in [0.25, 0.3) is 22.2 Å². The molecule has 1 N–H and O–H groups in total. The lowest BCUT2D eigenvalue weighted by atomic mass is 10.1. The number of thiophene rings is 1. The van der Waals surface area contributed by atoms with Gasteiger partial charge in [0.25, 0.3) is 0 Å². The highest BCUT2D eigenvalue weighted by molar-refractivity contribution is 7.08. The second-order valence-corrected chi connectivity index (χ2v) is 6.20. The molecule has 1 fully saturated rings. The summed E-state index contributed by atoms with van der Waals surface area (Å²) in [4.78, 5) is 17.2. The molecule has 0 radical (unpaired) electrons. The van der Waals surface area contributed by atoms with Crippen molar-refractivity contribution in [1.29, 1.82) is 0 Å². The number of hydrogen-bond donors (Lipinski definition) is 1. The van der Waals surface area contributed by atoms with E-state index in [1.165, 1.54) is 5.56 Å². The van der Waals surface area contributed by atoms with Crippen LogP contribution < -0.4 is 4.90 Å². The van der Waals surface area contributed by atoms with E-state index in [0.29, 0.717) is 0 Å². The molecule has 0 spiro atoms. The average molecular weight is 299 g/mol. The van der Waals surface area contributed by atoms with Crippen LogP contribution in [0.5, 0.6) is 0 Å². The molecule has 0 aliphatic carbocycles. The molecular weight excluding hydrogens is 282 g/mol. The average Bonchev–Trinajstić information content (AvgIpc) is 3.19. The minimum Gasteiger partial charge on any atom is -0.352 e. The maximum atomic E-state index is 4.71. The normalized spacial score (nSPS) is 16.7. The van der Waals surface area contributed by atoms with Gasteiger partial charge in [-0.25, -0.2) is 9.97 Å². The number of piperazine rings is 1. The summed E-state index contributed by atoms with van der Waals surface area (Å²) in [5.74, 6) is 0.998. The van der Waals surface area contributed by atoms with Gasteiger partial charge in [0.15, 0.2) is 5.82 Å². The van der Waals surface area contributed by atoms with E-state index in [1.54, 1.807) is 17.7 Å². The fraction of sp³-hybridized carbons (Fsp3) is 0.333. The largest absolute Gasteiger partial charge is 0.352 e. The first kappa shape index (κ1) is 12.8. The Bertz CT molecular complexity index is 741. The summed E-state index contributed by atoms with van der Waals surface area (Å²) in [5, 5.41) is 4.23. The van der Waals surface area contributed by atoms with Crippen LogP contribution in [-0.4, -0.2) is 53.1 Å². The molecule has 0 saturated carbocycles. The summed E-state index contributed by atoms with van der Waals surface area (Å²) in [5.41, 5.74) is 4.38. The van der Waals surface area contributed by atoms with Crippen LogP contribution in [0.15, 0.2) is 29.4 Å². The highest BCUT2D eigenvalue weighted by Gasteiger charge is 2.20. The lowest BCUT2D eigenvalue weighted by Crippen LogP contribution is -2.44. The summed E-state index contributed by atoms with van der Waals surface area (Å²) in [6.45, 7) is 4.15. The Morgan fingerprint density at radius 2 is 2.05 bits per heavy atom. The van der Waals surface area contributed by atoms with E-state index in [-0.39, 0.29) is 0 Å². The lowest BCUT2D eigenvalue weighted by Gasteiger charge is -2.33. The molecule has 0 unspecified atom stereocenters. The Hall–Kier alpha value is -1.92. The van der Waals surface area contributed by atoms with Crippen molar-refractivity contribution in [3.8, 4) is 11.1 Å². The first-order valence-corrected chi connectivity index (χ1v) is 8.05. The van der Waals surface area contributed by atoms with Crippen LogP contribution in [-0.2, 0) is 0 Å². The van der Waals surface area contributed by atoms with Gasteiger partial charge in [-0.2, -0.15) is 11.3 Å². The maximum absolute atomic E-state index is 4.71. The number of nitrogens with one attached hydrogen (secondary N) is 1. The third-order valence-electron chi connectivity index (χ3n) is 4.07. The number of H-pyrrole nitrogens is 1. The van der Waals surface area contributed by atoms with Gasteiger partial charge in [0.1, 0.15) is 5.52 Å². The predicted octanol–water partition coefficient (Wildman–Crippen LogP) is 2.44. The number of likely N-dealkylation sites (N-methyl/N-ethyl adjacent to an activating group) is 1. The van der Waals surface area contributed by atoms with Gasteiger partial charge in [0, 0.05) is 37.9 Å². The van der Waals surface area contributed by atoms with Gasteiger partial charge in [-0.1, -0.05) is 0 Å². The molecule has 0 aromatic carbocycles. The monoisotopic (exact) mass is 299 g/mol. The Balaban J connectivity index is 1.78. The third-order valence-corrected chi connectivity index (χ3v) is 4.75. The molecule has 4 rings (SSSR count). The highest BCUT2D eigenvalue weighted by atomic mass is 32.1. The molecule has 3 aromatic heterocycles. The Kier molecular flexibility index (Phi) is 3.12. The van der Waals surface area contributed by atoms with Crippen LogP contribution in [0.4, 0.5) is 5.82 Å². The lowest BCUT2D eigenvalue weighted by molar-refractivity contribution is 0.312. The van der Waals surface area contributed by atoms with Crippen molar-refractivity contribution in [1.82, 2.24) is 19.9 Å². The minimum absolute atomic E-state index is 0.975. The maximum Gasteiger partial charge on any atom is 0.156 e. The van der Waals surface area contributed by atoms with Gasteiger partial charge < -0.3 is 14.8 Å². The van der Waals surface area contributed by atoms with Crippen molar-refractivity contribution in [2.75, 3.05) is 38.1 Å². The van der Waals surface area contributed by atoms with E-state index < -0.39 is 0 Å². The Labute approximate surface area is 127 Å². The fourth-order valence-electron chi connectivity index (χ4n) is 2.81. The van der Waals surface area contributed by atoms with Gasteiger partial charge in [0.05, 0.1) is 11.8 Å². The van der Waals surface area contributed by atoms with Crippen molar-refractivity contribution in [2.24, 2.45) is 0 Å². The van der Waals surface area contributed by atoms with E-state index in [2.05, 4.69) is 43.6 Å². The summed E-state index contributed by atoms with van der Waals surface area (Å²) in [6, 6.07) is 2.12. The van der Waals surface area contributed by atoms with Crippen LogP contribution in [0.1, 0.15) is 0 Å².